The molecular formula is C39H30BN. The third kappa shape index (κ3) is 3.64. The molecule has 41 heavy (non-hydrogen) atoms. The first kappa shape index (κ1) is 24.0. The Balaban J connectivity index is 1.25. The lowest BCUT2D eigenvalue weighted by Crippen LogP contribution is -2.17. The SMILES string of the molecule is Bc1ccc2c(c1)C(C)(C)c1cc(-c3ccc4c(c3)c3ccccc3n4-c3ccc(-c4ccccc4)cc3)ccc1-2. The van der Waals surface area contributed by atoms with Crippen LogP contribution in [0, 0.1) is 0 Å². The Hall–Kier alpha value is -4.82. The van der Waals surface area contributed by atoms with Crippen molar-refractivity contribution in [2.24, 2.45) is 0 Å². The van der Waals surface area contributed by atoms with E-state index in [1.54, 1.807) is 0 Å². The van der Waals surface area contributed by atoms with Gasteiger partial charge in [0.25, 0.3) is 0 Å². The molecule has 8 rings (SSSR count). The molecule has 0 atom stereocenters. The predicted octanol–water partition coefficient (Wildman–Crippen LogP) is 8.68. The summed E-state index contributed by atoms with van der Waals surface area (Å²) in [5.41, 5.74) is 15.5. The molecule has 194 valence electrons. The Morgan fingerprint density at radius 1 is 0.488 bits per heavy atom. The van der Waals surface area contributed by atoms with Crippen LogP contribution in [-0.4, -0.2) is 12.4 Å². The highest BCUT2D eigenvalue weighted by Crippen LogP contribution is 2.49. The highest BCUT2D eigenvalue weighted by atomic mass is 15.0. The number of para-hydroxylation sites is 1. The molecule has 0 saturated heterocycles. The average Bonchev–Trinajstić information content (AvgIpc) is 3.45. The number of benzene rings is 6. The second kappa shape index (κ2) is 8.84. The van der Waals surface area contributed by atoms with E-state index in [4.69, 9.17) is 0 Å². The van der Waals surface area contributed by atoms with Crippen molar-refractivity contribution in [1.82, 2.24) is 4.57 Å². The van der Waals surface area contributed by atoms with Crippen LogP contribution in [0.3, 0.4) is 0 Å². The van der Waals surface area contributed by atoms with Gasteiger partial charge < -0.3 is 4.57 Å². The summed E-state index contributed by atoms with van der Waals surface area (Å²) in [7, 11) is 2.19. The van der Waals surface area contributed by atoms with Gasteiger partial charge in [-0.25, -0.2) is 0 Å². The van der Waals surface area contributed by atoms with Crippen LogP contribution in [0.1, 0.15) is 25.0 Å². The lowest BCUT2D eigenvalue weighted by molar-refractivity contribution is 0.661. The molecule has 1 aromatic heterocycles. The maximum absolute atomic E-state index is 2.42. The van der Waals surface area contributed by atoms with Crippen molar-refractivity contribution in [2.45, 2.75) is 19.3 Å². The van der Waals surface area contributed by atoms with Crippen LogP contribution in [0.4, 0.5) is 0 Å². The number of nitrogens with zero attached hydrogens (tertiary/aromatic N) is 1. The zero-order chi connectivity index (χ0) is 27.7. The van der Waals surface area contributed by atoms with Gasteiger partial charge in [-0.15, -0.1) is 0 Å². The molecule has 2 heteroatoms. The molecule has 6 aromatic carbocycles. The van der Waals surface area contributed by atoms with Crippen molar-refractivity contribution in [3.8, 4) is 39.1 Å². The van der Waals surface area contributed by atoms with Gasteiger partial charge in [0.05, 0.1) is 11.0 Å². The van der Waals surface area contributed by atoms with Gasteiger partial charge in [-0.2, -0.15) is 0 Å². The van der Waals surface area contributed by atoms with Gasteiger partial charge in [-0.3, -0.25) is 0 Å². The Kier molecular flexibility index (Phi) is 5.18. The van der Waals surface area contributed by atoms with E-state index in [2.05, 4.69) is 160 Å². The fraction of sp³-hybridized carbons (Fsp3) is 0.0769. The molecule has 0 fully saturated rings. The number of fused-ring (bicyclic) bond motifs is 6. The van der Waals surface area contributed by atoms with Crippen molar-refractivity contribution in [2.75, 3.05) is 0 Å². The summed E-state index contributed by atoms with van der Waals surface area (Å²) in [4.78, 5) is 0. The van der Waals surface area contributed by atoms with E-state index in [1.807, 2.05) is 0 Å². The molecule has 0 spiro atoms. The van der Waals surface area contributed by atoms with Crippen LogP contribution in [0.15, 0.2) is 133 Å². The summed E-state index contributed by atoms with van der Waals surface area (Å²) in [5.74, 6) is 0. The van der Waals surface area contributed by atoms with E-state index in [-0.39, 0.29) is 5.41 Å². The molecule has 0 N–H and O–H groups in total. The molecule has 1 aliphatic carbocycles. The van der Waals surface area contributed by atoms with Crippen LogP contribution in [0.25, 0.3) is 60.9 Å². The van der Waals surface area contributed by atoms with Crippen LogP contribution in [0.5, 0.6) is 0 Å². The molecule has 0 aliphatic heterocycles. The van der Waals surface area contributed by atoms with Crippen molar-refractivity contribution < 1.29 is 0 Å². The van der Waals surface area contributed by atoms with E-state index >= 15 is 0 Å². The smallest absolute Gasteiger partial charge is 0.139 e. The predicted molar refractivity (Wildman–Crippen MR) is 177 cm³/mol. The molecule has 0 saturated carbocycles. The quantitative estimate of drug-likeness (QED) is 0.204. The van der Waals surface area contributed by atoms with Gasteiger partial charge >= 0.3 is 0 Å². The van der Waals surface area contributed by atoms with E-state index in [0.29, 0.717) is 0 Å². The second-order valence-corrected chi connectivity index (χ2v) is 11.9. The number of hydrogen-bond acceptors (Lipinski definition) is 0. The molecule has 0 amide bonds. The molecule has 0 bridgehead atoms. The van der Waals surface area contributed by atoms with Gasteiger partial charge in [-0.05, 0) is 80.9 Å². The Bertz CT molecular complexity index is 2110. The van der Waals surface area contributed by atoms with Crippen molar-refractivity contribution in [3.63, 3.8) is 0 Å². The van der Waals surface area contributed by atoms with Crippen molar-refractivity contribution >= 4 is 35.1 Å². The fourth-order valence-corrected chi connectivity index (χ4v) is 6.90. The van der Waals surface area contributed by atoms with Gasteiger partial charge in [0.1, 0.15) is 7.85 Å². The van der Waals surface area contributed by atoms with Gasteiger partial charge in [0.2, 0.25) is 0 Å². The Morgan fingerprint density at radius 2 is 1.07 bits per heavy atom. The topological polar surface area (TPSA) is 4.93 Å². The molecule has 1 nitrogen and oxygen atoms in total. The first-order valence-corrected chi connectivity index (χ1v) is 14.4. The highest BCUT2D eigenvalue weighted by Gasteiger charge is 2.35. The Labute approximate surface area is 242 Å². The summed E-state index contributed by atoms with van der Waals surface area (Å²) in [5, 5.41) is 2.56. The molecule has 7 aromatic rings. The minimum atomic E-state index is -0.0151. The maximum atomic E-state index is 2.42. The molecule has 1 heterocycles. The van der Waals surface area contributed by atoms with E-state index in [1.165, 1.54) is 77.5 Å². The number of rotatable bonds is 3. The minimum absolute atomic E-state index is 0.0151. The summed E-state index contributed by atoms with van der Waals surface area (Å²) in [6.07, 6.45) is 0. The first-order valence-electron chi connectivity index (χ1n) is 14.4. The lowest BCUT2D eigenvalue weighted by atomic mass is 9.79. The van der Waals surface area contributed by atoms with Crippen molar-refractivity contribution in [1.29, 1.82) is 0 Å². The zero-order valence-electron chi connectivity index (χ0n) is 23.6. The van der Waals surface area contributed by atoms with Crippen molar-refractivity contribution in [3.05, 3.63) is 145 Å². The molecule has 0 unspecified atom stereocenters. The zero-order valence-corrected chi connectivity index (χ0v) is 23.6. The standard InChI is InChI=1S/C39H30BN/c1-39(2)35-23-28(14-19-31(35)32-20-16-29(40)24-36(32)39)27-15-21-38-34(22-27)33-10-6-7-11-37(33)41(38)30-17-12-26(13-18-30)25-8-4-3-5-9-25/h3-24H,40H2,1-2H3. The van der Waals surface area contributed by atoms with Crippen LogP contribution in [-0.2, 0) is 5.41 Å². The fourth-order valence-electron chi connectivity index (χ4n) is 6.90. The monoisotopic (exact) mass is 523 g/mol. The van der Waals surface area contributed by atoms with E-state index in [9.17, 15) is 0 Å². The molecule has 1 aliphatic rings. The summed E-state index contributed by atoms with van der Waals surface area (Å²) in [6, 6.07) is 49.2. The second-order valence-electron chi connectivity index (χ2n) is 11.9. The number of aromatic nitrogens is 1. The maximum Gasteiger partial charge on any atom is 0.139 e. The third-order valence-corrected chi connectivity index (χ3v) is 9.07. The summed E-state index contributed by atoms with van der Waals surface area (Å²) >= 11 is 0. The van der Waals surface area contributed by atoms with E-state index in [0.717, 1.165) is 0 Å². The highest BCUT2D eigenvalue weighted by molar-refractivity contribution is 6.32. The first-order chi connectivity index (χ1) is 20.0. The van der Waals surface area contributed by atoms with Crippen LogP contribution in [0.2, 0.25) is 0 Å². The van der Waals surface area contributed by atoms with Gasteiger partial charge in [0.15, 0.2) is 0 Å². The van der Waals surface area contributed by atoms with Crippen LogP contribution >= 0.6 is 0 Å². The third-order valence-electron chi connectivity index (χ3n) is 9.07. The van der Waals surface area contributed by atoms with Gasteiger partial charge in [0, 0.05) is 21.9 Å². The minimum Gasteiger partial charge on any atom is -0.309 e. The van der Waals surface area contributed by atoms with E-state index < -0.39 is 0 Å². The molecule has 0 radical (unpaired) electrons. The van der Waals surface area contributed by atoms with Gasteiger partial charge in [-0.1, -0.05) is 116 Å². The number of hydrogen-bond donors (Lipinski definition) is 0. The van der Waals surface area contributed by atoms with Crippen LogP contribution < -0.4 is 5.46 Å². The normalized spacial score (nSPS) is 13.4. The summed E-state index contributed by atoms with van der Waals surface area (Å²) < 4.78 is 2.40. The summed E-state index contributed by atoms with van der Waals surface area (Å²) in [6.45, 7) is 4.72. The molecular weight excluding hydrogens is 493 g/mol. The lowest BCUT2D eigenvalue weighted by Gasteiger charge is -2.22. The Morgan fingerprint density at radius 3 is 1.88 bits per heavy atom. The average molecular weight is 523 g/mol. The largest absolute Gasteiger partial charge is 0.309 e.